The summed E-state index contributed by atoms with van der Waals surface area (Å²) in [6.45, 7) is 5.30. The van der Waals surface area contributed by atoms with E-state index in [4.69, 9.17) is 4.74 Å². The lowest BCUT2D eigenvalue weighted by atomic mass is 9.87. The summed E-state index contributed by atoms with van der Waals surface area (Å²) in [4.78, 5) is 0. The van der Waals surface area contributed by atoms with Gasteiger partial charge in [-0.2, -0.15) is 0 Å². The Morgan fingerprint density at radius 1 is 1.14 bits per heavy atom. The first kappa shape index (κ1) is 14.9. The third kappa shape index (κ3) is 2.69. The summed E-state index contributed by atoms with van der Waals surface area (Å²) in [6, 6.07) is 12.2. The van der Waals surface area contributed by atoms with Crippen molar-refractivity contribution in [2.75, 3.05) is 13.7 Å². The van der Waals surface area contributed by atoms with E-state index in [1.54, 1.807) is 13.2 Å². The minimum absolute atomic E-state index is 0.109. The molecule has 0 aliphatic carbocycles. The van der Waals surface area contributed by atoms with Crippen LogP contribution >= 0.6 is 0 Å². The first-order valence-electron chi connectivity index (χ1n) is 7.83. The summed E-state index contributed by atoms with van der Waals surface area (Å²) in [7, 11) is 1.72. The largest absolute Gasteiger partial charge is 0.508 e. The van der Waals surface area contributed by atoms with Crippen LogP contribution in [0.4, 0.5) is 0 Å². The van der Waals surface area contributed by atoms with Gasteiger partial charge in [-0.3, -0.25) is 0 Å². The summed E-state index contributed by atoms with van der Waals surface area (Å²) in [6.07, 6.45) is 0.937. The Hall–Kier alpha value is -2.00. The van der Waals surface area contributed by atoms with Crippen LogP contribution in [0, 0.1) is 0 Å². The van der Waals surface area contributed by atoms with Crippen LogP contribution in [0.3, 0.4) is 0 Å². The number of nitrogens with one attached hydrogen (secondary N) is 1. The van der Waals surface area contributed by atoms with Gasteiger partial charge in [0.15, 0.2) is 0 Å². The summed E-state index contributed by atoms with van der Waals surface area (Å²) >= 11 is 0. The third-order valence-corrected chi connectivity index (χ3v) is 4.41. The minimum atomic E-state index is 0.109. The Labute approximate surface area is 131 Å². The van der Waals surface area contributed by atoms with Gasteiger partial charge in [0.1, 0.15) is 11.5 Å². The lowest BCUT2D eigenvalue weighted by molar-refractivity contribution is 0.402. The predicted molar refractivity (Wildman–Crippen MR) is 88.7 cm³/mol. The monoisotopic (exact) mass is 297 g/mol. The van der Waals surface area contributed by atoms with Crippen LogP contribution in [0.5, 0.6) is 11.5 Å². The molecule has 1 atom stereocenters. The fourth-order valence-electron chi connectivity index (χ4n) is 3.17. The molecule has 3 heteroatoms. The highest BCUT2D eigenvalue weighted by atomic mass is 16.5. The van der Waals surface area contributed by atoms with Gasteiger partial charge in [0.2, 0.25) is 0 Å². The van der Waals surface area contributed by atoms with Crippen LogP contribution in [0.15, 0.2) is 36.4 Å². The molecule has 0 bridgehead atoms. The summed E-state index contributed by atoms with van der Waals surface area (Å²) in [5, 5.41) is 13.3. The molecule has 1 aliphatic heterocycles. The zero-order valence-corrected chi connectivity index (χ0v) is 13.4. The van der Waals surface area contributed by atoms with Crippen LogP contribution in [0.2, 0.25) is 0 Å². The van der Waals surface area contributed by atoms with Crippen molar-refractivity contribution in [2.24, 2.45) is 0 Å². The molecule has 3 nitrogen and oxygen atoms in total. The zero-order chi connectivity index (χ0) is 15.7. The first-order chi connectivity index (χ1) is 10.6. The predicted octanol–water partition coefficient (Wildman–Crippen LogP) is 3.76. The minimum Gasteiger partial charge on any atom is -0.508 e. The van der Waals surface area contributed by atoms with Crippen LogP contribution < -0.4 is 10.1 Å². The molecule has 22 heavy (non-hydrogen) atoms. The highest BCUT2D eigenvalue weighted by Crippen LogP contribution is 2.36. The van der Waals surface area contributed by atoms with E-state index < -0.39 is 0 Å². The quantitative estimate of drug-likeness (QED) is 0.906. The second kappa shape index (κ2) is 6.01. The average Bonchev–Trinajstić information content (AvgIpc) is 2.53. The van der Waals surface area contributed by atoms with Gasteiger partial charge >= 0.3 is 0 Å². The molecule has 0 saturated heterocycles. The second-order valence-electron chi connectivity index (χ2n) is 6.18. The standard InChI is InChI=1S/C19H23NO2/c1-12(2)13-4-7-18(22-3)17(11-13)19-16-6-5-15(21)10-14(16)8-9-20-19/h4-7,10-12,19-21H,8-9H2,1-3H3. The number of phenolic OH excluding ortho intramolecular Hbond substituents is 1. The van der Waals surface area contributed by atoms with E-state index in [-0.39, 0.29) is 6.04 Å². The second-order valence-corrected chi connectivity index (χ2v) is 6.18. The number of rotatable bonds is 3. The van der Waals surface area contributed by atoms with E-state index in [0.717, 1.165) is 18.7 Å². The molecule has 0 aromatic heterocycles. The molecule has 1 aliphatic rings. The number of methoxy groups -OCH3 is 1. The molecule has 3 rings (SSSR count). The van der Waals surface area contributed by atoms with Crippen molar-refractivity contribution >= 4 is 0 Å². The van der Waals surface area contributed by atoms with Gasteiger partial charge in [-0.05, 0) is 53.3 Å². The van der Waals surface area contributed by atoms with Crippen LogP contribution in [-0.2, 0) is 6.42 Å². The van der Waals surface area contributed by atoms with E-state index in [9.17, 15) is 5.11 Å². The fourth-order valence-corrected chi connectivity index (χ4v) is 3.17. The number of ether oxygens (including phenoxy) is 1. The number of fused-ring (bicyclic) bond motifs is 1. The van der Waals surface area contributed by atoms with Crippen LogP contribution in [-0.4, -0.2) is 18.8 Å². The number of benzene rings is 2. The molecular weight excluding hydrogens is 274 g/mol. The molecule has 0 fully saturated rings. The Morgan fingerprint density at radius 2 is 1.95 bits per heavy atom. The molecule has 1 heterocycles. The molecule has 2 aromatic rings. The number of hydrogen-bond donors (Lipinski definition) is 2. The lowest BCUT2D eigenvalue weighted by Gasteiger charge is -2.29. The van der Waals surface area contributed by atoms with E-state index in [1.807, 2.05) is 12.1 Å². The lowest BCUT2D eigenvalue weighted by Crippen LogP contribution is -2.30. The highest BCUT2D eigenvalue weighted by molar-refractivity contribution is 5.49. The van der Waals surface area contributed by atoms with Crippen molar-refractivity contribution in [1.82, 2.24) is 5.32 Å². The zero-order valence-electron chi connectivity index (χ0n) is 13.4. The fraction of sp³-hybridized carbons (Fsp3) is 0.368. The van der Waals surface area contributed by atoms with Crippen molar-refractivity contribution in [3.63, 3.8) is 0 Å². The number of phenols is 1. The summed E-state index contributed by atoms with van der Waals surface area (Å²) < 4.78 is 5.58. The molecular formula is C19H23NO2. The maximum Gasteiger partial charge on any atom is 0.124 e. The highest BCUT2D eigenvalue weighted by Gasteiger charge is 2.24. The maximum atomic E-state index is 9.72. The molecule has 0 radical (unpaired) electrons. The Morgan fingerprint density at radius 3 is 2.68 bits per heavy atom. The molecule has 0 spiro atoms. The van der Waals surface area contributed by atoms with Crippen molar-refractivity contribution in [3.05, 3.63) is 58.7 Å². The van der Waals surface area contributed by atoms with E-state index >= 15 is 0 Å². The van der Waals surface area contributed by atoms with Crippen molar-refractivity contribution in [1.29, 1.82) is 0 Å². The molecule has 2 N–H and O–H groups in total. The molecule has 116 valence electrons. The summed E-state index contributed by atoms with van der Waals surface area (Å²) in [5.74, 6) is 1.72. The van der Waals surface area contributed by atoms with Gasteiger partial charge in [0, 0.05) is 12.1 Å². The van der Waals surface area contributed by atoms with E-state index in [1.165, 1.54) is 22.3 Å². The van der Waals surface area contributed by atoms with Gasteiger partial charge < -0.3 is 15.2 Å². The Balaban J connectivity index is 2.10. The van der Waals surface area contributed by atoms with Crippen molar-refractivity contribution in [2.45, 2.75) is 32.2 Å². The molecule has 0 saturated carbocycles. The first-order valence-corrected chi connectivity index (χ1v) is 7.83. The molecule has 2 aromatic carbocycles. The van der Waals surface area contributed by atoms with E-state index in [2.05, 4.69) is 37.4 Å². The van der Waals surface area contributed by atoms with Gasteiger partial charge in [-0.1, -0.05) is 26.0 Å². The molecule has 1 unspecified atom stereocenters. The van der Waals surface area contributed by atoms with Crippen LogP contribution in [0.25, 0.3) is 0 Å². The summed E-state index contributed by atoms with van der Waals surface area (Å²) in [5.41, 5.74) is 4.91. The van der Waals surface area contributed by atoms with Gasteiger partial charge in [-0.25, -0.2) is 0 Å². The van der Waals surface area contributed by atoms with Crippen molar-refractivity contribution < 1.29 is 9.84 Å². The SMILES string of the molecule is COc1ccc(C(C)C)cc1C1NCCc2cc(O)ccc21. The van der Waals surface area contributed by atoms with Gasteiger partial charge in [-0.15, -0.1) is 0 Å². The topological polar surface area (TPSA) is 41.5 Å². The van der Waals surface area contributed by atoms with Gasteiger partial charge in [0.05, 0.1) is 13.2 Å². The Kier molecular flexibility index (Phi) is 4.08. The van der Waals surface area contributed by atoms with Gasteiger partial charge in [0.25, 0.3) is 0 Å². The maximum absolute atomic E-state index is 9.72. The average molecular weight is 297 g/mol. The Bertz CT molecular complexity index is 679. The van der Waals surface area contributed by atoms with Crippen molar-refractivity contribution in [3.8, 4) is 11.5 Å². The van der Waals surface area contributed by atoms with E-state index in [0.29, 0.717) is 11.7 Å². The number of hydrogen-bond acceptors (Lipinski definition) is 3. The van der Waals surface area contributed by atoms with Crippen LogP contribution in [0.1, 0.15) is 48.1 Å². The third-order valence-electron chi connectivity index (χ3n) is 4.41. The molecule has 0 amide bonds. The number of aromatic hydroxyl groups is 1. The smallest absolute Gasteiger partial charge is 0.124 e. The normalized spacial score (nSPS) is 17.4.